The van der Waals surface area contributed by atoms with Gasteiger partial charge in [0.15, 0.2) is 0 Å². The van der Waals surface area contributed by atoms with Crippen LogP contribution in [0.1, 0.15) is 51.1 Å². The molecule has 0 aliphatic heterocycles. The predicted octanol–water partition coefficient (Wildman–Crippen LogP) is 5.58. The van der Waals surface area contributed by atoms with Crippen LogP contribution in [0.5, 0.6) is 0 Å². The van der Waals surface area contributed by atoms with E-state index < -0.39 is 5.92 Å². The van der Waals surface area contributed by atoms with Crippen molar-refractivity contribution in [3.63, 3.8) is 0 Å². The summed E-state index contributed by atoms with van der Waals surface area (Å²) < 4.78 is 28.8. The Morgan fingerprint density at radius 3 is 2.74 bits per heavy atom. The van der Waals surface area contributed by atoms with Gasteiger partial charge in [-0.15, -0.1) is 0 Å². The van der Waals surface area contributed by atoms with Crippen LogP contribution in [0.2, 0.25) is 0 Å². The van der Waals surface area contributed by atoms with Crippen molar-refractivity contribution in [3.8, 4) is 0 Å². The summed E-state index contributed by atoms with van der Waals surface area (Å²) in [6.07, 6.45) is 9.80. The number of aromatic nitrogens is 2. The Labute approximate surface area is 158 Å². The average molecular weight is 373 g/mol. The minimum Gasteiger partial charge on any atom is -0.329 e. The second kappa shape index (κ2) is 7.62. The fourth-order valence-corrected chi connectivity index (χ4v) is 3.44. The first-order chi connectivity index (χ1) is 12.8. The zero-order valence-electron chi connectivity index (χ0n) is 15.7. The SMILES string of the molecule is C=CC(=O)Nc1cnc2c(c1)c(/C=C/C1CCC(F)(F)CC1)cn2C(C)C. The normalized spacial score (nSPS) is 17.7. The number of nitrogens with one attached hydrogen (secondary N) is 1. The molecule has 1 N–H and O–H groups in total. The van der Waals surface area contributed by atoms with E-state index in [0.717, 1.165) is 16.6 Å². The molecule has 2 aromatic rings. The predicted molar refractivity (Wildman–Crippen MR) is 105 cm³/mol. The van der Waals surface area contributed by atoms with Crippen molar-refractivity contribution in [1.82, 2.24) is 9.55 Å². The van der Waals surface area contributed by atoms with E-state index in [4.69, 9.17) is 0 Å². The molecule has 0 atom stereocenters. The average Bonchev–Trinajstić information content (AvgIpc) is 2.99. The number of hydrogen-bond acceptors (Lipinski definition) is 2. The molecule has 0 spiro atoms. The van der Waals surface area contributed by atoms with Gasteiger partial charge in [0.1, 0.15) is 5.65 Å². The van der Waals surface area contributed by atoms with Crippen LogP contribution >= 0.6 is 0 Å². The Balaban J connectivity index is 1.90. The number of fused-ring (bicyclic) bond motifs is 1. The number of alkyl halides is 2. The van der Waals surface area contributed by atoms with Gasteiger partial charge in [0.05, 0.1) is 11.9 Å². The summed E-state index contributed by atoms with van der Waals surface area (Å²) in [5, 5.41) is 3.65. The van der Waals surface area contributed by atoms with Gasteiger partial charge in [-0.2, -0.15) is 0 Å². The summed E-state index contributed by atoms with van der Waals surface area (Å²) in [5.74, 6) is -2.64. The third kappa shape index (κ3) is 4.43. The number of rotatable bonds is 5. The number of allylic oxidation sites excluding steroid dienone is 1. The van der Waals surface area contributed by atoms with Crippen molar-refractivity contribution in [2.75, 3.05) is 5.32 Å². The van der Waals surface area contributed by atoms with E-state index in [-0.39, 0.29) is 30.7 Å². The maximum atomic E-state index is 13.3. The van der Waals surface area contributed by atoms with Crippen LogP contribution in [0.15, 0.2) is 37.2 Å². The van der Waals surface area contributed by atoms with Crippen LogP contribution in [0.4, 0.5) is 14.5 Å². The van der Waals surface area contributed by atoms with Crippen LogP contribution < -0.4 is 5.32 Å². The van der Waals surface area contributed by atoms with Crippen LogP contribution in [-0.4, -0.2) is 21.4 Å². The number of pyridine rings is 1. The van der Waals surface area contributed by atoms with Crippen LogP contribution in [0.25, 0.3) is 17.1 Å². The molecule has 0 saturated heterocycles. The molecule has 2 aromatic heterocycles. The molecule has 144 valence electrons. The molecule has 0 aromatic carbocycles. The van der Waals surface area contributed by atoms with E-state index in [1.807, 2.05) is 24.4 Å². The number of nitrogens with zero attached hydrogens (tertiary/aromatic N) is 2. The fourth-order valence-electron chi connectivity index (χ4n) is 3.44. The molecule has 1 aliphatic rings. The number of halogens is 2. The summed E-state index contributed by atoms with van der Waals surface area (Å²) >= 11 is 0. The van der Waals surface area contributed by atoms with Gasteiger partial charge >= 0.3 is 0 Å². The number of carbonyl (C=O) groups excluding carboxylic acids is 1. The monoisotopic (exact) mass is 373 g/mol. The van der Waals surface area contributed by atoms with Gasteiger partial charge in [-0.05, 0) is 44.7 Å². The number of amides is 1. The van der Waals surface area contributed by atoms with Crippen molar-refractivity contribution >= 4 is 28.7 Å². The number of anilines is 1. The van der Waals surface area contributed by atoms with E-state index in [1.54, 1.807) is 6.20 Å². The smallest absolute Gasteiger partial charge is 0.248 e. The molecule has 27 heavy (non-hydrogen) atoms. The Morgan fingerprint density at radius 1 is 1.41 bits per heavy atom. The van der Waals surface area contributed by atoms with E-state index in [9.17, 15) is 13.6 Å². The van der Waals surface area contributed by atoms with Crippen molar-refractivity contribution in [2.45, 2.75) is 51.5 Å². The summed E-state index contributed by atoms with van der Waals surface area (Å²) in [7, 11) is 0. The van der Waals surface area contributed by atoms with Crippen molar-refractivity contribution < 1.29 is 13.6 Å². The second-order valence-corrected chi connectivity index (χ2v) is 7.43. The molecule has 6 heteroatoms. The second-order valence-electron chi connectivity index (χ2n) is 7.43. The molecule has 0 bridgehead atoms. The Bertz CT molecular complexity index is 873. The maximum Gasteiger partial charge on any atom is 0.248 e. The van der Waals surface area contributed by atoms with Gasteiger partial charge in [-0.3, -0.25) is 4.79 Å². The molecule has 0 unspecified atom stereocenters. The van der Waals surface area contributed by atoms with E-state index in [0.29, 0.717) is 18.5 Å². The largest absolute Gasteiger partial charge is 0.329 e. The minimum absolute atomic E-state index is 0.0466. The Morgan fingerprint density at radius 2 is 2.11 bits per heavy atom. The van der Waals surface area contributed by atoms with Crippen LogP contribution in [-0.2, 0) is 4.79 Å². The minimum atomic E-state index is -2.51. The van der Waals surface area contributed by atoms with Crippen molar-refractivity contribution in [3.05, 3.63) is 42.8 Å². The summed E-state index contributed by atoms with van der Waals surface area (Å²) in [6, 6.07) is 2.11. The van der Waals surface area contributed by atoms with E-state index in [1.165, 1.54) is 6.08 Å². The molecule has 1 amide bonds. The summed E-state index contributed by atoms with van der Waals surface area (Å²) in [4.78, 5) is 16.1. The van der Waals surface area contributed by atoms with E-state index >= 15 is 0 Å². The third-order valence-corrected chi connectivity index (χ3v) is 5.02. The maximum absolute atomic E-state index is 13.3. The van der Waals surface area contributed by atoms with Gasteiger partial charge in [-0.1, -0.05) is 18.7 Å². The first-order valence-electron chi connectivity index (χ1n) is 9.29. The highest BCUT2D eigenvalue weighted by molar-refractivity contribution is 6.00. The van der Waals surface area contributed by atoms with Gasteiger partial charge in [-0.25, -0.2) is 13.8 Å². The highest BCUT2D eigenvalue weighted by Crippen LogP contribution is 2.37. The third-order valence-electron chi connectivity index (χ3n) is 5.02. The highest BCUT2D eigenvalue weighted by Gasteiger charge is 2.33. The number of hydrogen-bond donors (Lipinski definition) is 1. The lowest BCUT2D eigenvalue weighted by atomic mass is 9.86. The molecule has 1 aliphatic carbocycles. The molecule has 2 heterocycles. The van der Waals surface area contributed by atoms with Gasteiger partial charge in [0.2, 0.25) is 11.8 Å². The molecular formula is C21H25F2N3O. The lowest BCUT2D eigenvalue weighted by Crippen LogP contribution is -2.23. The molecule has 1 fully saturated rings. The van der Waals surface area contributed by atoms with Gasteiger partial charge < -0.3 is 9.88 Å². The van der Waals surface area contributed by atoms with Gasteiger partial charge in [0, 0.05) is 36.0 Å². The molecule has 1 saturated carbocycles. The Kier molecular flexibility index (Phi) is 5.44. The highest BCUT2D eigenvalue weighted by atomic mass is 19.3. The zero-order valence-corrected chi connectivity index (χ0v) is 15.7. The quantitative estimate of drug-likeness (QED) is 0.696. The van der Waals surface area contributed by atoms with Crippen LogP contribution in [0, 0.1) is 5.92 Å². The van der Waals surface area contributed by atoms with Crippen LogP contribution in [0.3, 0.4) is 0 Å². The lowest BCUT2D eigenvalue weighted by Gasteiger charge is -2.26. The summed E-state index contributed by atoms with van der Waals surface area (Å²) in [6.45, 7) is 7.60. The topological polar surface area (TPSA) is 46.9 Å². The first-order valence-corrected chi connectivity index (χ1v) is 9.29. The first kappa shape index (κ1) is 19.3. The van der Waals surface area contributed by atoms with Gasteiger partial charge in [0.25, 0.3) is 0 Å². The molecule has 0 radical (unpaired) electrons. The van der Waals surface area contributed by atoms with E-state index in [2.05, 4.69) is 35.3 Å². The number of carbonyl (C=O) groups is 1. The molecule has 3 rings (SSSR count). The fraction of sp³-hybridized carbons (Fsp3) is 0.429. The molecular weight excluding hydrogens is 348 g/mol. The summed E-state index contributed by atoms with van der Waals surface area (Å²) in [5.41, 5.74) is 2.40. The zero-order chi connectivity index (χ0) is 19.6. The Hall–Kier alpha value is -2.50. The standard InChI is InChI=1S/C21H25F2N3O/c1-4-19(27)25-17-11-18-16(13-26(14(2)3)20(18)24-12-17)6-5-15-7-9-21(22,23)10-8-15/h4-6,11-15H,1,7-10H2,2-3H3,(H,25,27)/b6-5+. The molecule has 4 nitrogen and oxygen atoms in total. The lowest BCUT2D eigenvalue weighted by molar-refractivity contribution is -0.111. The van der Waals surface area contributed by atoms with Crippen molar-refractivity contribution in [2.24, 2.45) is 5.92 Å². The van der Waals surface area contributed by atoms with Crippen molar-refractivity contribution in [1.29, 1.82) is 0 Å².